The minimum atomic E-state index is -0.113. The Morgan fingerprint density at radius 2 is 0.270 bits per heavy atom. The van der Waals surface area contributed by atoms with E-state index in [9.17, 15) is 0 Å². The van der Waals surface area contributed by atoms with E-state index in [1.807, 2.05) is 0 Å². The molecule has 4 heteroatoms. The quantitative estimate of drug-likeness (QED) is 0.0856. The molecular weight excluding hydrogens is 1790 g/mol. The normalized spacial score (nSPS) is 12.7. The molecule has 0 saturated carbocycles. The Bertz CT molecular complexity index is 7140. The maximum absolute atomic E-state index is 6.55. The van der Waals surface area contributed by atoms with Crippen molar-refractivity contribution in [1.29, 1.82) is 0 Å². The molecule has 0 amide bonds. The molecule has 0 bridgehead atoms. The van der Waals surface area contributed by atoms with Gasteiger partial charge in [-0.15, -0.1) is 0 Å². The van der Waals surface area contributed by atoms with Crippen LogP contribution in [-0.2, 0) is 54.1 Å². The van der Waals surface area contributed by atoms with E-state index in [1.54, 1.807) is 14.2 Å². The summed E-state index contributed by atoms with van der Waals surface area (Å²) in [5.41, 5.74) is 47.1. The van der Waals surface area contributed by atoms with Gasteiger partial charge in [0.1, 0.15) is 11.5 Å². The zero-order valence-electron chi connectivity index (χ0n) is 94.2. The summed E-state index contributed by atoms with van der Waals surface area (Å²) in [6.07, 6.45) is 0. The number of nitrogens with zero attached hydrogens (tertiary/aromatic N) is 2. The molecule has 0 N–H and O–H groups in total. The van der Waals surface area contributed by atoms with Gasteiger partial charge < -0.3 is 18.6 Å². The molecule has 0 aliphatic heterocycles. The van der Waals surface area contributed by atoms with Crippen LogP contribution in [0.1, 0.15) is 263 Å². The lowest BCUT2D eigenvalue weighted by atomic mass is 9.73. The third-order valence-corrected chi connectivity index (χ3v) is 30.8. The van der Waals surface area contributed by atoms with E-state index in [0.717, 1.165) is 157 Å². The number of ether oxygens (including phenoxy) is 2. The number of hydrogen-bond donors (Lipinski definition) is 0. The van der Waals surface area contributed by atoms with Crippen molar-refractivity contribution in [3.63, 3.8) is 0 Å². The van der Waals surface area contributed by atoms with Crippen LogP contribution in [0.2, 0.25) is 0 Å². The zero-order valence-corrected chi connectivity index (χ0v) is 94.2. The van der Waals surface area contributed by atoms with E-state index in [1.165, 1.54) is 89.0 Å². The van der Waals surface area contributed by atoms with Gasteiger partial charge in [0.25, 0.3) is 0 Å². The maximum Gasteiger partial charge on any atom is 0.128 e. The Morgan fingerprint density at radius 1 is 0.149 bits per heavy atom. The van der Waals surface area contributed by atoms with Gasteiger partial charge in [0, 0.05) is 22.5 Å². The molecule has 18 aromatic rings. The molecule has 16 aromatic carbocycles. The highest BCUT2D eigenvalue weighted by Gasteiger charge is 2.37. The highest BCUT2D eigenvalue weighted by molar-refractivity contribution is 6.18. The van der Waals surface area contributed by atoms with Crippen molar-refractivity contribution >= 4 is 11.0 Å². The molecule has 2 heterocycles. The van der Waals surface area contributed by atoms with E-state index in [4.69, 9.17) is 9.47 Å². The van der Waals surface area contributed by atoms with Crippen LogP contribution < -0.4 is 9.47 Å². The molecule has 0 saturated heterocycles. The molecule has 0 radical (unpaired) electrons. The van der Waals surface area contributed by atoms with Gasteiger partial charge >= 0.3 is 0 Å². The summed E-state index contributed by atoms with van der Waals surface area (Å²) in [5, 5.41) is 0. The van der Waals surface area contributed by atoms with Crippen molar-refractivity contribution in [2.75, 3.05) is 14.2 Å². The molecule has 752 valence electrons. The first kappa shape index (κ1) is 104. The van der Waals surface area contributed by atoms with Gasteiger partial charge in [-0.1, -0.05) is 499 Å². The molecule has 148 heavy (non-hydrogen) atoms. The molecule has 0 spiro atoms. The largest absolute Gasteiger partial charge is 0.496 e. The Hall–Kier alpha value is -14.1. The van der Waals surface area contributed by atoms with E-state index in [-0.39, 0.29) is 54.1 Å². The third kappa shape index (κ3) is 20.5. The Morgan fingerprint density at radius 3 is 0.392 bits per heavy atom. The summed E-state index contributed by atoms with van der Waals surface area (Å²) in [4.78, 5) is 0. The highest BCUT2D eigenvalue weighted by Crippen LogP contribution is 2.61. The topological polar surface area (TPSA) is 28.3 Å². The zero-order chi connectivity index (χ0) is 106. The van der Waals surface area contributed by atoms with E-state index in [2.05, 4.69) is 569 Å². The lowest BCUT2D eigenvalue weighted by Crippen LogP contribution is -2.11. The number of methoxy groups -OCH3 is 2. The van der Waals surface area contributed by atoms with Crippen molar-refractivity contribution in [3.05, 3.63) is 407 Å². The molecule has 4 nitrogen and oxygen atoms in total. The first-order valence-electron chi connectivity index (χ1n) is 53.5. The number of rotatable bonds is 18. The minimum absolute atomic E-state index is 0.0903. The van der Waals surface area contributed by atoms with E-state index >= 15 is 0 Å². The fraction of sp³-hybridized carbons (Fsp3) is 0.292. The van der Waals surface area contributed by atoms with Gasteiger partial charge in [-0.2, -0.15) is 0 Å². The Labute approximate surface area is 885 Å². The molecule has 0 atom stereocenters. The maximum atomic E-state index is 6.55. The SMILES string of the molecule is COc1ccccc1-c1cc2c(cc(-c3ccccc3OC)n2-c2ccc(-c3c(-c4ccc(C(C)(C)C)cc4)c(-c4ccc(C(C)(C)C)cc4)c(-c4ccc(C(C)(C)C)cc4)c(-c4ccc(C(C)(C)C)cc4)c3-c3ccc(C(C)(C)C)cc3)cc2)n1-c1ccc(-c2c(-c3ccc(C(C)(C)C)cc3)c(-c3ccc(C(C)(C)C)cc3)c(-c3ccc(C(C)(C)C)cc3)c(-c3ccc(C(C)(C)C)cc3)c2-c2ccc(C(C)(C)C)cc2)cc1. The van der Waals surface area contributed by atoms with Crippen LogP contribution >= 0.6 is 0 Å². The van der Waals surface area contributed by atoms with Crippen LogP contribution in [0.25, 0.3) is 178 Å². The lowest BCUT2D eigenvalue weighted by Gasteiger charge is -2.30. The Kier molecular flexibility index (Phi) is 27.3. The van der Waals surface area contributed by atoms with Gasteiger partial charge in [0.15, 0.2) is 0 Å². The second-order valence-corrected chi connectivity index (χ2v) is 51.8. The van der Waals surface area contributed by atoms with Crippen LogP contribution in [0.4, 0.5) is 0 Å². The van der Waals surface area contributed by atoms with Gasteiger partial charge in [-0.05, 0) is 304 Å². The van der Waals surface area contributed by atoms with Crippen LogP contribution in [0.5, 0.6) is 11.5 Å². The number of para-hydroxylation sites is 2. The Balaban J connectivity index is 0.956. The van der Waals surface area contributed by atoms with Crippen molar-refractivity contribution < 1.29 is 9.47 Å². The monoisotopic (exact) mass is 1940 g/mol. The van der Waals surface area contributed by atoms with Crippen LogP contribution in [0.3, 0.4) is 0 Å². The lowest BCUT2D eigenvalue weighted by molar-refractivity contribution is 0.416. The second-order valence-electron chi connectivity index (χ2n) is 51.8. The number of aromatic nitrogens is 2. The summed E-state index contributed by atoms with van der Waals surface area (Å²) < 4.78 is 18.0. The molecular formula is C144H154N2O2. The van der Waals surface area contributed by atoms with Crippen molar-refractivity contribution in [2.24, 2.45) is 0 Å². The van der Waals surface area contributed by atoms with Crippen molar-refractivity contribution in [3.8, 4) is 179 Å². The highest BCUT2D eigenvalue weighted by atomic mass is 16.5. The number of benzene rings is 16. The molecule has 2 aromatic heterocycles. The molecule has 0 unspecified atom stereocenters. The predicted octanol–water partition coefficient (Wildman–Crippen LogP) is 40.8. The van der Waals surface area contributed by atoms with E-state index in [0.29, 0.717) is 0 Å². The standard InChI is InChI=1S/C144H154N2O2/c1-135(2,3)103-65-41-91(42-66-103)123-125(93-45-69-105(70-46-93)137(7,8)9)129(97-53-77-109(78-54-97)141(19,20)21)133(130(98-55-79-110(80-56-98)142(22,23)24)126(123)94-47-71-106(72-48-94)138(10,11)12)101-61-85-113(86-62-101)145-117(115-37-33-35-39-121(115)147-31)89-120-119(145)90-118(116-38-34-36-40-122(116)148-32)146(120)114-87-63-102(64-88-114)134-131(99-57-81-111(82-58-99)143(25,26)27)127(95-49-73-107(74-50-95)139(13,14)15)124(92-43-67-104(68-44-92)136(4,5)6)128(96-51-75-108(76-52-96)140(16,17)18)132(134)100-59-83-112(84-60-100)144(28,29)30/h33-90H,1-32H3. The summed E-state index contributed by atoms with van der Waals surface area (Å²) in [6.45, 7) is 69.7. The molecule has 0 aliphatic carbocycles. The summed E-state index contributed by atoms with van der Waals surface area (Å²) >= 11 is 0. The average molecular weight is 1940 g/mol. The smallest absolute Gasteiger partial charge is 0.128 e. The summed E-state index contributed by atoms with van der Waals surface area (Å²) in [6, 6.07) is 137. The van der Waals surface area contributed by atoms with Crippen LogP contribution in [-0.4, -0.2) is 23.4 Å². The summed E-state index contributed by atoms with van der Waals surface area (Å²) in [7, 11) is 3.59. The fourth-order valence-corrected chi connectivity index (χ4v) is 21.7. The first-order valence-corrected chi connectivity index (χ1v) is 53.5. The second kappa shape index (κ2) is 38.9. The fourth-order valence-electron chi connectivity index (χ4n) is 21.7. The van der Waals surface area contributed by atoms with Gasteiger partial charge in [0.2, 0.25) is 0 Å². The molecule has 18 rings (SSSR count). The van der Waals surface area contributed by atoms with Gasteiger partial charge in [-0.3, -0.25) is 0 Å². The predicted molar refractivity (Wildman–Crippen MR) is 639 cm³/mol. The van der Waals surface area contributed by atoms with Crippen molar-refractivity contribution in [2.45, 2.75) is 262 Å². The summed E-state index contributed by atoms with van der Waals surface area (Å²) in [5.74, 6) is 1.53. The minimum Gasteiger partial charge on any atom is -0.496 e. The van der Waals surface area contributed by atoms with Crippen molar-refractivity contribution in [1.82, 2.24) is 9.13 Å². The van der Waals surface area contributed by atoms with Gasteiger partial charge in [-0.25, -0.2) is 0 Å². The first-order chi connectivity index (χ1) is 69.6. The average Bonchev–Trinajstić information content (AvgIpc) is 1.14. The van der Waals surface area contributed by atoms with Crippen LogP contribution in [0.15, 0.2) is 352 Å². The van der Waals surface area contributed by atoms with Gasteiger partial charge in [0.05, 0.1) is 36.6 Å². The number of fused-ring (bicyclic) bond motifs is 1. The molecule has 0 aliphatic rings. The molecule has 0 fully saturated rings. The third-order valence-electron chi connectivity index (χ3n) is 30.8. The van der Waals surface area contributed by atoms with E-state index < -0.39 is 0 Å². The van der Waals surface area contributed by atoms with Crippen LogP contribution in [0, 0.1) is 0 Å². The number of hydrogen-bond acceptors (Lipinski definition) is 2.